The van der Waals surface area contributed by atoms with Gasteiger partial charge in [-0.25, -0.2) is 0 Å². The third-order valence-electron chi connectivity index (χ3n) is 5.49. The standard InChI is InChI=1S/C24H26O4S2/c1-23(2,24(3,4)30(25,26)27)28-19-15-17-22(18-16-19)29(20-11-7-5-8-12-20)21-13-9-6-10-14-21/h5-18H,1-4H3/p+1. The summed E-state index contributed by atoms with van der Waals surface area (Å²) in [6, 6.07) is 28.4. The Hall–Kier alpha value is -2.28. The molecule has 0 saturated carbocycles. The smallest absolute Gasteiger partial charge is 0.274 e. The Labute approximate surface area is 182 Å². The molecule has 0 aromatic heterocycles. The van der Waals surface area contributed by atoms with Crippen LogP contribution in [0.25, 0.3) is 0 Å². The van der Waals surface area contributed by atoms with E-state index in [1.54, 1.807) is 13.8 Å². The van der Waals surface area contributed by atoms with E-state index in [0.29, 0.717) is 5.75 Å². The van der Waals surface area contributed by atoms with E-state index in [2.05, 4.69) is 24.3 Å². The summed E-state index contributed by atoms with van der Waals surface area (Å²) >= 11 is 0. The van der Waals surface area contributed by atoms with Crippen LogP contribution in [0.4, 0.5) is 0 Å². The maximum atomic E-state index is 11.8. The van der Waals surface area contributed by atoms with Gasteiger partial charge < -0.3 is 4.74 Å². The summed E-state index contributed by atoms with van der Waals surface area (Å²) in [5.41, 5.74) is -1.14. The van der Waals surface area contributed by atoms with Crippen molar-refractivity contribution in [1.82, 2.24) is 0 Å². The fourth-order valence-electron chi connectivity index (χ4n) is 2.89. The van der Waals surface area contributed by atoms with Crippen molar-refractivity contribution in [3.63, 3.8) is 0 Å². The van der Waals surface area contributed by atoms with Crippen molar-refractivity contribution in [3.8, 4) is 5.75 Å². The summed E-state index contributed by atoms with van der Waals surface area (Å²) in [7, 11) is -4.57. The zero-order valence-corrected chi connectivity index (χ0v) is 19.2. The molecule has 0 aliphatic rings. The van der Waals surface area contributed by atoms with Crippen LogP contribution < -0.4 is 4.74 Å². The molecule has 0 bridgehead atoms. The normalized spacial score (nSPS) is 12.7. The summed E-state index contributed by atoms with van der Waals surface area (Å²) in [5.74, 6) is 0.546. The molecular weight excluding hydrogens is 416 g/mol. The maximum Gasteiger partial charge on any atom is 0.274 e. The average molecular weight is 444 g/mol. The largest absolute Gasteiger partial charge is 0.486 e. The quantitative estimate of drug-likeness (QED) is 0.381. The van der Waals surface area contributed by atoms with Crippen LogP contribution in [-0.4, -0.2) is 23.3 Å². The molecule has 3 aromatic rings. The van der Waals surface area contributed by atoms with E-state index < -0.39 is 20.5 Å². The zero-order valence-electron chi connectivity index (χ0n) is 17.6. The van der Waals surface area contributed by atoms with E-state index in [-0.39, 0.29) is 10.9 Å². The van der Waals surface area contributed by atoms with Crippen molar-refractivity contribution >= 4 is 21.0 Å². The fourth-order valence-corrected chi connectivity index (χ4v) is 5.64. The average Bonchev–Trinajstić information content (AvgIpc) is 2.70. The monoisotopic (exact) mass is 443 g/mol. The molecule has 30 heavy (non-hydrogen) atoms. The van der Waals surface area contributed by atoms with Gasteiger partial charge in [0.25, 0.3) is 10.1 Å². The summed E-state index contributed by atoms with van der Waals surface area (Å²) in [4.78, 5) is 3.56. The van der Waals surface area contributed by atoms with Crippen LogP contribution >= 0.6 is 0 Å². The second-order valence-corrected chi connectivity index (χ2v) is 12.0. The maximum absolute atomic E-state index is 11.8. The van der Waals surface area contributed by atoms with Crippen LogP contribution in [0.2, 0.25) is 0 Å². The van der Waals surface area contributed by atoms with E-state index in [9.17, 15) is 13.0 Å². The second kappa shape index (κ2) is 8.46. The Morgan fingerprint density at radius 2 is 1.10 bits per heavy atom. The number of hydrogen-bond acceptors (Lipinski definition) is 3. The molecule has 3 rings (SSSR count). The highest BCUT2D eigenvalue weighted by atomic mass is 32.2. The first-order valence-corrected chi connectivity index (χ1v) is 12.3. The van der Waals surface area contributed by atoms with Gasteiger partial charge in [-0.1, -0.05) is 36.4 Å². The predicted octanol–water partition coefficient (Wildman–Crippen LogP) is 5.61. The van der Waals surface area contributed by atoms with Crippen molar-refractivity contribution in [3.05, 3.63) is 84.9 Å². The highest BCUT2D eigenvalue weighted by molar-refractivity contribution is 7.97. The Morgan fingerprint density at radius 1 is 0.700 bits per heavy atom. The predicted molar refractivity (Wildman–Crippen MR) is 122 cm³/mol. The van der Waals surface area contributed by atoms with E-state index in [4.69, 9.17) is 4.74 Å². The molecule has 0 fully saturated rings. The molecule has 0 aliphatic carbocycles. The summed E-state index contributed by atoms with van der Waals surface area (Å²) < 4.78 is 37.8. The van der Waals surface area contributed by atoms with Crippen LogP contribution in [0.3, 0.4) is 0 Å². The van der Waals surface area contributed by atoms with E-state index >= 15 is 0 Å². The summed E-state index contributed by atoms with van der Waals surface area (Å²) in [6.45, 7) is 6.23. The van der Waals surface area contributed by atoms with Crippen molar-refractivity contribution in [2.45, 2.75) is 52.7 Å². The molecule has 0 unspecified atom stereocenters. The molecule has 0 atom stereocenters. The molecule has 0 radical (unpaired) electrons. The van der Waals surface area contributed by atoms with Gasteiger partial charge in [0, 0.05) is 0 Å². The van der Waals surface area contributed by atoms with Crippen LogP contribution in [0.1, 0.15) is 27.7 Å². The first kappa shape index (κ1) is 22.4. The molecule has 158 valence electrons. The highest BCUT2D eigenvalue weighted by Crippen LogP contribution is 2.36. The fraction of sp³-hybridized carbons (Fsp3) is 0.250. The Morgan fingerprint density at radius 3 is 1.50 bits per heavy atom. The Bertz CT molecular complexity index is 1040. The molecule has 0 heterocycles. The van der Waals surface area contributed by atoms with Crippen LogP contribution in [0, 0.1) is 0 Å². The molecule has 0 saturated heterocycles. The van der Waals surface area contributed by atoms with Crippen LogP contribution in [0.15, 0.2) is 99.6 Å². The summed E-state index contributed by atoms with van der Waals surface area (Å²) in [5, 5.41) is 0. The molecule has 4 nitrogen and oxygen atoms in total. The van der Waals surface area contributed by atoms with Crippen molar-refractivity contribution < 1.29 is 17.7 Å². The number of rotatable bonds is 7. The Balaban J connectivity index is 1.93. The lowest BCUT2D eigenvalue weighted by atomic mass is 9.93. The van der Waals surface area contributed by atoms with Gasteiger partial charge in [-0.2, -0.15) is 8.42 Å². The molecule has 0 amide bonds. The van der Waals surface area contributed by atoms with E-state index in [1.807, 2.05) is 60.7 Å². The zero-order chi connectivity index (χ0) is 22.0. The number of benzene rings is 3. The van der Waals surface area contributed by atoms with Gasteiger partial charge in [0.2, 0.25) is 0 Å². The van der Waals surface area contributed by atoms with Gasteiger partial charge in [0.05, 0.1) is 10.9 Å². The SMILES string of the molecule is CC(C)(Oc1ccc([S+](c2ccccc2)c2ccccc2)cc1)C(C)(C)S(=O)(=O)O. The van der Waals surface area contributed by atoms with Crippen molar-refractivity contribution in [2.75, 3.05) is 0 Å². The topological polar surface area (TPSA) is 63.6 Å². The van der Waals surface area contributed by atoms with E-state index in [1.165, 1.54) is 23.6 Å². The van der Waals surface area contributed by atoms with Gasteiger partial charge in [-0.15, -0.1) is 0 Å². The lowest BCUT2D eigenvalue weighted by Gasteiger charge is -2.38. The van der Waals surface area contributed by atoms with Crippen LogP contribution in [-0.2, 0) is 21.0 Å². The van der Waals surface area contributed by atoms with Crippen LogP contribution in [0.5, 0.6) is 5.75 Å². The molecule has 3 aromatic carbocycles. The third-order valence-corrected chi connectivity index (χ3v) is 9.50. The molecule has 0 spiro atoms. The molecule has 6 heteroatoms. The number of ether oxygens (including phenoxy) is 1. The first-order chi connectivity index (χ1) is 14.0. The van der Waals surface area contributed by atoms with E-state index in [0.717, 1.165) is 4.90 Å². The van der Waals surface area contributed by atoms with Gasteiger partial charge >= 0.3 is 0 Å². The van der Waals surface area contributed by atoms with Crippen molar-refractivity contribution in [1.29, 1.82) is 0 Å². The minimum Gasteiger partial charge on any atom is -0.486 e. The van der Waals surface area contributed by atoms with Gasteiger partial charge in [0.1, 0.15) is 16.1 Å². The molecule has 0 aliphatic heterocycles. The lowest BCUT2D eigenvalue weighted by molar-refractivity contribution is 0.0691. The third kappa shape index (κ3) is 4.56. The Kier molecular flexibility index (Phi) is 6.32. The minimum atomic E-state index is -4.30. The second-order valence-electron chi connectivity index (χ2n) is 8.00. The van der Waals surface area contributed by atoms with Gasteiger partial charge in [-0.3, -0.25) is 4.55 Å². The molecule has 1 N–H and O–H groups in total. The number of hydrogen-bond donors (Lipinski definition) is 1. The minimum absolute atomic E-state index is 0.269. The molecular formula is C24H27O4S2+. The first-order valence-electron chi connectivity index (χ1n) is 9.63. The summed E-state index contributed by atoms with van der Waals surface area (Å²) in [6.07, 6.45) is 0. The van der Waals surface area contributed by atoms with Gasteiger partial charge in [0.15, 0.2) is 14.7 Å². The highest BCUT2D eigenvalue weighted by Gasteiger charge is 2.49. The van der Waals surface area contributed by atoms with Crippen molar-refractivity contribution in [2.24, 2.45) is 0 Å². The lowest BCUT2D eigenvalue weighted by Crippen LogP contribution is -2.54. The van der Waals surface area contributed by atoms with Gasteiger partial charge in [-0.05, 0) is 76.2 Å².